The highest BCUT2D eigenvalue weighted by Crippen LogP contribution is 2.34. The van der Waals surface area contributed by atoms with E-state index in [0.29, 0.717) is 12.0 Å². The second kappa shape index (κ2) is 5.65. The summed E-state index contributed by atoms with van der Waals surface area (Å²) in [7, 11) is 0. The van der Waals surface area contributed by atoms with Crippen molar-refractivity contribution >= 4 is 28.6 Å². The van der Waals surface area contributed by atoms with Crippen molar-refractivity contribution in [1.29, 1.82) is 0 Å². The van der Waals surface area contributed by atoms with Crippen LogP contribution in [0.15, 0.2) is 29.2 Å². The minimum atomic E-state index is 0.104. The number of benzene rings is 1. The minimum Gasteiger partial charge on any atom is -0.348 e. The third kappa shape index (κ3) is 2.34. The number of para-hydroxylation sites is 1. The van der Waals surface area contributed by atoms with Gasteiger partial charge in [-0.2, -0.15) is 0 Å². The molecule has 0 unspecified atom stereocenters. The number of amides is 1. The van der Waals surface area contributed by atoms with Crippen molar-refractivity contribution in [3.8, 4) is 0 Å². The second-order valence-corrected chi connectivity index (χ2v) is 7.70. The van der Waals surface area contributed by atoms with E-state index >= 15 is 0 Å². The maximum absolute atomic E-state index is 12.8. The predicted molar refractivity (Wildman–Crippen MR) is 91.5 cm³/mol. The number of nitrogens with zero attached hydrogens (tertiary/aromatic N) is 1. The number of hydrogen-bond donors (Lipinski definition) is 1. The number of aromatic nitrogens is 1. The Balaban J connectivity index is 1.66. The van der Waals surface area contributed by atoms with E-state index in [9.17, 15) is 4.79 Å². The Morgan fingerprint density at radius 3 is 3.05 bits per heavy atom. The van der Waals surface area contributed by atoms with Crippen molar-refractivity contribution in [2.45, 2.75) is 50.1 Å². The van der Waals surface area contributed by atoms with E-state index in [-0.39, 0.29) is 5.91 Å². The van der Waals surface area contributed by atoms with Gasteiger partial charge in [0.1, 0.15) is 5.69 Å². The smallest absolute Gasteiger partial charge is 0.268 e. The molecule has 1 amide bonds. The fourth-order valence-corrected chi connectivity index (χ4v) is 4.88. The van der Waals surface area contributed by atoms with Crippen LogP contribution in [0.5, 0.6) is 0 Å². The molecule has 1 aliphatic heterocycles. The van der Waals surface area contributed by atoms with E-state index in [1.54, 1.807) is 0 Å². The summed E-state index contributed by atoms with van der Waals surface area (Å²) >= 11 is 1.89. The number of nitrogens with one attached hydrogen (secondary N) is 1. The molecule has 3 nitrogen and oxygen atoms in total. The molecule has 2 aliphatic rings. The Labute approximate surface area is 135 Å². The summed E-state index contributed by atoms with van der Waals surface area (Å²) in [6, 6.07) is 8.76. The lowest BCUT2D eigenvalue weighted by Crippen LogP contribution is -2.41. The summed E-state index contributed by atoms with van der Waals surface area (Å²) in [5.41, 5.74) is 2.07. The minimum absolute atomic E-state index is 0.104. The van der Waals surface area contributed by atoms with Crippen molar-refractivity contribution < 1.29 is 4.79 Å². The monoisotopic (exact) mass is 314 g/mol. The summed E-state index contributed by atoms with van der Waals surface area (Å²) in [4.78, 5) is 14.1. The summed E-state index contributed by atoms with van der Waals surface area (Å²) in [6.07, 6.45) is 4.89. The molecule has 0 radical (unpaired) electrons. The summed E-state index contributed by atoms with van der Waals surface area (Å²) in [5.74, 6) is 1.74. The van der Waals surface area contributed by atoms with E-state index in [2.05, 4.69) is 41.1 Å². The van der Waals surface area contributed by atoms with Crippen molar-refractivity contribution in [3.63, 3.8) is 0 Å². The fourth-order valence-electron chi connectivity index (χ4n) is 3.85. The highest BCUT2D eigenvalue weighted by molar-refractivity contribution is 7.99. The largest absolute Gasteiger partial charge is 0.348 e. The molecule has 1 fully saturated rings. The Kier molecular flexibility index (Phi) is 3.65. The molecule has 0 spiro atoms. The molecule has 4 rings (SSSR count). The molecule has 1 aromatic heterocycles. The maximum Gasteiger partial charge on any atom is 0.268 e. The van der Waals surface area contributed by atoms with Crippen LogP contribution in [-0.2, 0) is 6.54 Å². The number of thioether (sulfide) groups is 1. The summed E-state index contributed by atoms with van der Waals surface area (Å²) < 4.78 is 2.21. The zero-order chi connectivity index (χ0) is 15.1. The quantitative estimate of drug-likeness (QED) is 0.907. The van der Waals surface area contributed by atoms with E-state index in [1.165, 1.54) is 35.1 Å². The lowest BCUT2D eigenvalue weighted by atomic mass is 9.86. The van der Waals surface area contributed by atoms with Crippen LogP contribution >= 0.6 is 11.8 Å². The average Bonchev–Trinajstić information content (AvgIpc) is 2.91. The molecular formula is C18H22N2OS. The number of carbonyl (C=O) groups excluding carboxylic acids is 1. The standard InChI is InChI=1S/C18H22N2OS/c1-12-5-2-3-7-14(12)19-18(21)15-11-13-6-4-8-16-17(13)20(15)9-10-22-16/h4,6,8,11-12,14H,2-3,5,7,9-10H2,1H3,(H,19,21)/t12-,14+/m1/s1. The summed E-state index contributed by atoms with van der Waals surface area (Å²) in [6.45, 7) is 3.19. The molecule has 0 saturated heterocycles. The van der Waals surface area contributed by atoms with E-state index in [1.807, 2.05) is 11.8 Å². The maximum atomic E-state index is 12.8. The molecule has 22 heavy (non-hydrogen) atoms. The van der Waals surface area contributed by atoms with Gasteiger partial charge in [0, 0.05) is 28.6 Å². The lowest BCUT2D eigenvalue weighted by Gasteiger charge is -2.29. The average molecular weight is 314 g/mol. The van der Waals surface area contributed by atoms with Gasteiger partial charge in [0.2, 0.25) is 0 Å². The molecule has 2 aromatic rings. The van der Waals surface area contributed by atoms with Crippen LogP contribution in [0.4, 0.5) is 0 Å². The van der Waals surface area contributed by atoms with Gasteiger partial charge in [-0.25, -0.2) is 0 Å². The van der Waals surface area contributed by atoms with Crippen molar-refractivity contribution in [2.75, 3.05) is 5.75 Å². The molecule has 1 aromatic carbocycles. The SMILES string of the molecule is C[C@@H]1CCCC[C@@H]1NC(=O)c1cc2cccc3c2n1CCS3. The first kappa shape index (κ1) is 14.2. The Hall–Kier alpha value is -1.42. The van der Waals surface area contributed by atoms with Crippen LogP contribution in [0.2, 0.25) is 0 Å². The van der Waals surface area contributed by atoms with Gasteiger partial charge >= 0.3 is 0 Å². The molecular weight excluding hydrogens is 292 g/mol. The number of aryl methyl sites for hydroxylation is 1. The zero-order valence-corrected chi connectivity index (χ0v) is 13.8. The Morgan fingerprint density at radius 1 is 1.32 bits per heavy atom. The Morgan fingerprint density at radius 2 is 2.18 bits per heavy atom. The van der Waals surface area contributed by atoms with E-state index < -0.39 is 0 Å². The van der Waals surface area contributed by atoms with Gasteiger partial charge in [0.15, 0.2) is 0 Å². The lowest BCUT2D eigenvalue weighted by molar-refractivity contribution is 0.0901. The van der Waals surface area contributed by atoms with Gasteiger partial charge in [0.25, 0.3) is 5.91 Å². The third-order valence-corrected chi connectivity index (χ3v) is 6.14. The topological polar surface area (TPSA) is 34.0 Å². The first-order valence-corrected chi connectivity index (χ1v) is 9.28. The molecule has 2 atom stereocenters. The molecule has 2 heterocycles. The molecule has 116 valence electrons. The normalized spacial score (nSPS) is 24.4. The van der Waals surface area contributed by atoms with Crippen LogP contribution in [0.25, 0.3) is 10.9 Å². The van der Waals surface area contributed by atoms with Crippen molar-refractivity contribution in [1.82, 2.24) is 9.88 Å². The highest BCUT2D eigenvalue weighted by Gasteiger charge is 2.26. The fraction of sp³-hybridized carbons (Fsp3) is 0.500. The van der Waals surface area contributed by atoms with Crippen LogP contribution in [0.1, 0.15) is 43.1 Å². The first-order valence-electron chi connectivity index (χ1n) is 8.30. The van der Waals surface area contributed by atoms with Crippen molar-refractivity contribution in [3.05, 3.63) is 30.0 Å². The van der Waals surface area contributed by atoms with Crippen LogP contribution in [0.3, 0.4) is 0 Å². The van der Waals surface area contributed by atoms with Gasteiger partial charge < -0.3 is 9.88 Å². The summed E-state index contributed by atoms with van der Waals surface area (Å²) in [5, 5.41) is 4.48. The number of rotatable bonds is 2. The number of hydrogen-bond acceptors (Lipinski definition) is 2. The van der Waals surface area contributed by atoms with Gasteiger partial charge in [-0.05, 0) is 30.9 Å². The van der Waals surface area contributed by atoms with Gasteiger partial charge in [0.05, 0.1) is 5.52 Å². The molecule has 1 N–H and O–H groups in total. The van der Waals surface area contributed by atoms with Gasteiger partial charge in [-0.15, -0.1) is 11.8 Å². The van der Waals surface area contributed by atoms with Crippen LogP contribution in [0, 0.1) is 5.92 Å². The highest BCUT2D eigenvalue weighted by atomic mass is 32.2. The van der Waals surface area contributed by atoms with E-state index in [4.69, 9.17) is 0 Å². The predicted octanol–water partition coefficient (Wildman–Crippen LogP) is 4.06. The van der Waals surface area contributed by atoms with Crippen LogP contribution < -0.4 is 5.32 Å². The number of carbonyl (C=O) groups is 1. The first-order chi connectivity index (χ1) is 10.7. The van der Waals surface area contributed by atoms with Crippen LogP contribution in [-0.4, -0.2) is 22.3 Å². The molecule has 1 aliphatic carbocycles. The van der Waals surface area contributed by atoms with Gasteiger partial charge in [-0.3, -0.25) is 4.79 Å². The molecule has 1 saturated carbocycles. The zero-order valence-electron chi connectivity index (χ0n) is 13.0. The second-order valence-electron chi connectivity index (χ2n) is 6.57. The molecule has 0 bridgehead atoms. The van der Waals surface area contributed by atoms with Crippen molar-refractivity contribution in [2.24, 2.45) is 5.92 Å². The third-order valence-electron chi connectivity index (χ3n) is 5.12. The van der Waals surface area contributed by atoms with Gasteiger partial charge in [-0.1, -0.05) is 31.9 Å². The Bertz CT molecular complexity index is 721. The van der Waals surface area contributed by atoms with E-state index in [0.717, 1.165) is 24.4 Å². The molecule has 4 heteroatoms.